The third-order valence-corrected chi connectivity index (χ3v) is 6.01. The van der Waals surface area contributed by atoms with E-state index in [1.807, 2.05) is 0 Å². The number of Topliss-reactive ketones (excluding diaryl/α,β-unsaturated/α-hetero) is 1. The number of benzene rings is 1. The Hall–Kier alpha value is -2.38. The second-order valence-electron chi connectivity index (χ2n) is 7.83. The van der Waals surface area contributed by atoms with Crippen molar-refractivity contribution in [2.45, 2.75) is 45.1 Å². The third kappa shape index (κ3) is 4.68. The van der Waals surface area contributed by atoms with Gasteiger partial charge in [0.15, 0.2) is 0 Å². The first-order valence-electron chi connectivity index (χ1n) is 10.3. The average Bonchev–Trinajstić information content (AvgIpc) is 3.35. The van der Waals surface area contributed by atoms with Crippen molar-refractivity contribution in [3.05, 3.63) is 30.0 Å². The largest absolute Gasteiger partial charge is 0.460 e. The summed E-state index contributed by atoms with van der Waals surface area (Å²) in [5.41, 5.74) is 1.22. The van der Waals surface area contributed by atoms with E-state index in [2.05, 4.69) is 10.6 Å². The number of furan rings is 1. The first-order chi connectivity index (χ1) is 14.0. The van der Waals surface area contributed by atoms with Gasteiger partial charge in [-0.15, -0.1) is 12.4 Å². The molecule has 2 aliphatic rings. The molecular weight excluding hydrogens is 408 g/mol. The van der Waals surface area contributed by atoms with Crippen LogP contribution in [0.2, 0.25) is 0 Å². The monoisotopic (exact) mass is 434 g/mol. The van der Waals surface area contributed by atoms with Crippen molar-refractivity contribution in [2.75, 3.05) is 18.5 Å². The summed E-state index contributed by atoms with van der Waals surface area (Å²) in [5.74, 6) is 0.604. The van der Waals surface area contributed by atoms with Gasteiger partial charge >= 0.3 is 5.97 Å². The third-order valence-electron chi connectivity index (χ3n) is 6.01. The molecule has 1 amide bonds. The van der Waals surface area contributed by atoms with Crippen LogP contribution >= 0.6 is 12.4 Å². The number of ketones is 1. The molecule has 0 bridgehead atoms. The number of halogens is 1. The lowest BCUT2D eigenvalue weighted by Gasteiger charge is -2.30. The predicted octanol–water partition coefficient (Wildman–Crippen LogP) is 3.71. The van der Waals surface area contributed by atoms with E-state index in [1.54, 1.807) is 31.2 Å². The van der Waals surface area contributed by atoms with Crippen molar-refractivity contribution in [1.29, 1.82) is 0 Å². The molecule has 8 heteroatoms. The van der Waals surface area contributed by atoms with Crippen LogP contribution in [0, 0.1) is 11.8 Å². The zero-order chi connectivity index (χ0) is 20.4. The Balaban J connectivity index is 0.00000256. The molecule has 0 spiro atoms. The molecule has 1 aromatic carbocycles. The van der Waals surface area contributed by atoms with Crippen LogP contribution < -0.4 is 10.6 Å². The highest BCUT2D eigenvalue weighted by molar-refractivity contribution is 5.98. The molecule has 2 atom stereocenters. The van der Waals surface area contributed by atoms with Crippen molar-refractivity contribution in [1.82, 2.24) is 5.32 Å². The molecule has 30 heavy (non-hydrogen) atoms. The first kappa shape index (κ1) is 22.3. The fourth-order valence-electron chi connectivity index (χ4n) is 4.55. The molecule has 1 saturated heterocycles. The van der Waals surface area contributed by atoms with Crippen molar-refractivity contribution in [3.8, 4) is 0 Å². The van der Waals surface area contributed by atoms with Crippen LogP contribution in [0.1, 0.15) is 49.6 Å². The number of anilines is 1. The van der Waals surface area contributed by atoms with Gasteiger partial charge in [0.05, 0.1) is 12.6 Å². The summed E-state index contributed by atoms with van der Waals surface area (Å²) in [5, 5.41) is 7.05. The number of rotatable bonds is 5. The minimum Gasteiger partial charge on any atom is -0.460 e. The van der Waals surface area contributed by atoms with E-state index in [0.29, 0.717) is 35.8 Å². The molecule has 7 nitrogen and oxygen atoms in total. The number of hydrogen-bond donors (Lipinski definition) is 2. The number of fused-ring (bicyclic) bond motifs is 1. The number of hydrogen-bond acceptors (Lipinski definition) is 6. The van der Waals surface area contributed by atoms with E-state index in [9.17, 15) is 14.4 Å². The van der Waals surface area contributed by atoms with Crippen LogP contribution in [0.25, 0.3) is 11.0 Å². The second kappa shape index (κ2) is 9.62. The van der Waals surface area contributed by atoms with Crippen LogP contribution in [0.3, 0.4) is 0 Å². The Morgan fingerprint density at radius 2 is 1.97 bits per heavy atom. The topological polar surface area (TPSA) is 97.6 Å². The highest BCUT2D eigenvalue weighted by Gasteiger charge is 2.39. The Labute approximate surface area is 181 Å². The van der Waals surface area contributed by atoms with Gasteiger partial charge < -0.3 is 19.8 Å². The number of carbonyl (C=O) groups is 3. The Morgan fingerprint density at radius 1 is 1.20 bits per heavy atom. The SMILES string of the molecule is CCOC(=O)c1cc2cc(NC(=O)[C@H]3NCC[C@@H]3C3CCC(=O)CC3)ccc2o1.Cl. The molecule has 2 heterocycles. The molecule has 1 aliphatic carbocycles. The zero-order valence-corrected chi connectivity index (χ0v) is 17.8. The van der Waals surface area contributed by atoms with Crippen LogP contribution in [-0.2, 0) is 14.3 Å². The van der Waals surface area contributed by atoms with Crippen molar-refractivity contribution < 1.29 is 23.5 Å². The van der Waals surface area contributed by atoms with E-state index in [4.69, 9.17) is 9.15 Å². The van der Waals surface area contributed by atoms with Gasteiger partial charge in [0, 0.05) is 23.9 Å². The minimum absolute atomic E-state index is 0. The molecule has 2 aromatic rings. The molecule has 4 rings (SSSR count). The van der Waals surface area contributed by atoms with E-state index >= 15 is 0 Å². The zero-order valence-electron chi connectivity index (χ0n) is 16.9. The molecule has 2 N–H and O–H groups in total. The highest BCUT2D eigenvalue weighted by atomic mass is 35.5. The average molecular weight is 435 g/mol. The maximum atomic E-state index is 12.9. The fourth-order valence-corrected chi connectivity index (χ4v) is 4.55. The molecular formula is C22H27ClN2O5. The summed E-state index contributed by atoms with van der Waals surface area (Å²) in [6.45, 7) is 2.84. The summed E-state index contributed by atoms with van der Waals surface area (Å²) >= 11 is 0. The quantitative estimate of drug-likeness (QED) is 0.696. The lowest BCUT2D eigenvalue weighted by Crippen LogP contribution is -2.42. The highest BCUT2D eigenvalue weighted by Crippen LogP contribution is 2.35. The molecule has 0 radical (unpaired) electrons. The Kier molecular flexibility index (Phi) is 7.15. The van der Waals surface area contributed by atoms with Gasteiger partial charge in [-0.25, -0.2) is 4.79 Å². The van der Waals surface area contributed by atoms with Crippen LogP contribution in [-0.4, -0.2) is 36.9 Å². The number of nitrogens with one attached hydrogen (secondary N) is 2. The summed E-state index contributed by atoms with van der Waals surface area (Å²) in [4.78, 5) is 36.3. The fraction of sp³-hybridized carbons (Fsp3) is 0.500. The van der Waals surface area contributed by atoms with Crippen LogP contribution in [0.4, 0.5) is 5.69 Å². The predicted molar refractivity (Wildman–Crippen MR) is 115 cm³/mol. The van der Waals surface area contributed by atoms with Gasteiger partial charge in [-0.2, -0.15) is 0 Å². The number of carbonyl (C=O) groups excluding carboxylic acids is 3. The van der Waals surface area contributed by atoms with Gasteiger partial charge in [0.25, 0.3) is 0 Å². The van der Waals surface area contributed by atoms with E-state index in [1.165, 1.54) is 0 Å². The molecule has 1 aromatic heterocycles. The summed E-state index contributed by atoms with van der Waals surface area (Å²) in [6.07, 6.45) is 3.99. The van der Waals surface area contributed by atoms with Gasteiger partial charge in [-0.1, -0.05) is 0 Å². The molecule has 2 fully saturated rings. The normalized spacial score (nSPS) is 22.0. The molecule has 1 saturated carbocycles. The molecule has 1 aliphatic heterocycles. The molecule has 162 valence electrons. The maximum absolute atomic E-state index is 12.9. The number of amides is 1. The van der Waals surface area contributed by atoms with Gasteiger partial charge in [-0.3, -0.25) is 9.59 Å². The van der Waals surface area contributed by atoms with Crippen molar-refractivity contribution in [3.63, 3.8) is 0 Å². The van der Waals surface area contributed by atoms with Crippen LogP contribution in [0.15, 0.2) is 28.7 Å². The standard InChI is InChI=1S/C22H26N2O5.ClH/c1-2-28-22(27)19-12-14-11-15(5-8-18(14)29-19)24-21(26)20-17(9-10-23-20)13-3-6-16(25)7-4-13;/h5,8,11-13,17,20,23H,2-4,6-7,9-10H2,1H3,(H,24,26);1H/t17-,20+;/m1./s1. The Bertz CT molecular complexity index is 931. The van der Waals surface area contributed by atoms with E-state index in [0.717, 1.165) is 31.2 Å². The van der Waals surface area contributed by atoms with Crippen molar-refractivity contribution in [2.24, 2.45) is 11.8 Å². The Morgan fingerprint density at radius 3 is 2.70 bits per heavy atom. The number of esters is 1. The summed E-state index contributed by atoms with van der Waals surface area (Å²) < 4.78 is 10.5. The van der Waals surface area contributed by atoms with E-state index in [-0.39, 0.29) is 42.6 Å². The van der Waals surface area contributed by atoms with Gasteiger partial charge in [0.1, 0.15) is 11.4 Å². The summed E-state index contributed by atoms with van der Waals surface area (Å²) in [7, 11) is 0. The number of ether oxygens (including phenoxy) is 1. The summed E-state index contributed by atoms with van der Waals surface area (Å²) in [6, 6.07) is 6.67. The second-order valence-corrected chi connectivity index (χ2v) is 7.83. The maximum Gasteiger partial charge on any atom is 0.374 e. The first-order valence-corrected chi connectivity index (χ1v) is 10.3. The minimum atomic E-state index is -0.502. The smallest absolute Gasteiger partial charge is 0.374 e. The van der Waals surface area contributed by atoms with Crippen LogP contribution in [0.5, 0.6) is 0 Å². The molecule has 0 unspecified atom stereocenters. The van der Waals surface area contributed by atoms with Gasteiger partial charge in [-0.05, 0) is 68.8 Å². The lowest BCUT2D eigenvalue weighted by atomic mass is 9.76. The van der Waals surface area contributed by atoms with Gasteiger partial charge in [0.2, 0.25) is 11.7 Å². The van der Waals surface area contributed by atoms with E-state index < -0.39 is 5.97 Å². The lowest BCUT2D eigenvalue weighted by molar-refractivity contribution is -0.121. The van der Waals surface area contributed by atoms with Crippen molar-refractivity contribution >= 4 is 46.7 Å².